The molecule has 7 heteroatoms. The predicted octanol–water partition coefficient (Wildman–Crippen LogP) is 3.95. The van der Waals surface area contributed by atoms with Crippen LogP contribution >= 0.6 is 0 Å². The monoisotopic (exact) mass is 437 g/mol. The Morgan fingerprint density at radius 3 is 2.13 bits per heavy atom. The molecule has 0 aromatic heterocycles. The fourth-order valence-electron chi connectivity index (χ4n) is 6.24. The lowest BCUT2D eigenvalue weighted by atomic mass is 9.65. The van der Waals surface area contributed by atoms with Crippen LogP contribution in [-0.2, 0) is 9.53 Å². The number of carbonyl (C=O) groups excluding carboxylic acids is 2. The molecule has 178 valence electrons. The molecule has 0 bridgehead atoms. The summed E-state index contributed by atoms with van der Waals surface area (Å²) in [5.41, 5.74) is 1.73. The Kier molecular flexibility index (Phi) is 9.45. The standard InChI is InChI=1S/C24H43N3O4/c1-3-27(4-2)15-17-5-7-21-14-18(6-8-20(21)13-17)16-31-24(29)25-22-11-9-19(10-12-22)23(28)26-30/h17-22,30H,3-16H2,1-2H3,(H,25,29)(H,26,28). The number of amides is 2. The first-order valence-electron chi connectivity index (χ1n) is 12.6. The van der Waals surface area contributed by atoms with Crippen LogP contribution < -0.4 is 10.8 Å². The average molecular weight is 438 g/mol. The van der Waals surface area contributed by atoms with E-state index in [2.05, 4.69) is 24.1 Å². The predicted molar refractivity (Wildman–Crippen MR) is 120 cm³/mol. The van der Waals surface area contributed by atoms with Crippen LogP contribution in [0.3, 0.4) is 0 Å². The van der Waals surface area contributed by atoms with E-state index in [4.69, 9.17) is 9.94 Å². The summed E-state index contributed by atoms with van der Waals surface area (Å²) in [6, 6.07) is 0.0621. The molecule has 0 aliphatic heterocycles. The Balaban J connectivity index is 1.32. The van der Waals surface area contributed by atoms with Crippen LogP contribution in [0.1, 0.15) is 78.1 Å². The van der Waals surface area contributed by atoms with E-state index in [0.29, 0.717) is 25.4 Å². The van der Waals surface area contributed by atoms with Crippen molar-refractivity contribution in [2.24, 2.45) is 29.6 Å². The number of ether oxygens (including phenoxy) is 1. The number of rotatable bonds is 8. The minimum atomic E-state index is -0.321. The average Bonchev–Trinajstić information content (AvgIpc) is 2.81. The second kappa shape index (κ2) is 12.0. The van der Waals surface area contributed by atoms with Gasteiger partial charge in [-0.25, -0.2) is 10.3 Å². The maximum Gasteiger partial charge on any atom is 0.407 e. The molecule has 3 aliphatic rings. The van der Waals surface area contributed by atoms with Gasteiger partial charge in [-0.1, -0.05) is 13.8 Å². The number of hydrogen-bond donors (Lipinski definition) is 3. The van der Waals surface area contributed by atoms with Gasteiger partial charge in [-0.05, 0) is 101 Å². The van der Waals surface area contributed by atoms with E-state index in [0.717, 1.165) is 43.7 Å². The van der Waals surface area contributed by atoms with Gasteiger partial charge < -0.3 is 15.0 Å². The second-order valence-electron chi connectivity index (χ2n) is 10.1. The van der Waals surface area contributed by atoms with Gasteiger partial charge in [-0.3, -0.25) is 10.0 Å². The third kappa shape index (κ3) is 7.07. The van der Waals surface area contributed by atoms with E-state index in [-0.39, 0.29) is 24.0 Å². The van der Waals surface area contributed by atoms with Crippen molar-refractivity contribution in [2.45, 2.75) is 84.1 Å². The van der Waals surface area contributed by atoms with Crippen molar-refractivity contribution in [3.05, 3.63) is 0 Å². The number of alkyl carbamates (subject to hydrolysis) is 1. The van der Waals surface area contributed by atoms with E-state index in [1.165, 1.54) is 45.1 Å². The van der Waals surface area contributed by atoms with Crippen molar-refractivity contribution in [3.8, 4) is 0 Å². The molecule has 31 heavy (non-hydrogen) atoms. The van der Waals surface area contributed by atoms with Crippen LogP contribution in [0.15, 0.2) is 0 Å². The molecule has 0 aromatic rings. The Morgan fingerprint density at radius 2 is 1.52 bits per heavy atom. The third-order valence-electron chi connectivity index (χ3n) is 8.22. The van der Waals surface area contributed by atoms with Gasteiger partial charge in [0.1, 0.15) is 0 Å². The smallest absolute Gasteiger partial charge is 0.407 e. The molecule has 4 atom stereocenters. The first-order chi connectivity index (χ1) is 15.0. The van der Waals surface area contributed by atoms with E-state index in [1.54, 1.807) is 5.48 Å². The van der Waals surface area contributed by atoms with E-state index >= 15 is 0 Å². The molecular formula is C24H43N3O4. The number of nitrogens with one attached hydrogen (secondary N) is 2. The summed E-state index contributed by atoms with van der Waals surface area (Å²) < 4.78 is 5.59. The zero-order valence-electron chi connectivity index (χ0n) is 19.5. The molecule has 3 rings (SSSR count). The minimum absolute atomic E-state index is 0.0621. The molecule has 2 amide bonds. The Labute approximate surface area is 187 Å². The number of carbonyl (C=O) groups is 2. The molecule has 0 spiro atoms. The molecule has 4 unspecified atom stereocenters. The van der Waals surface area contributed by atoms with Crippen molar-refractivity contribution in [3.63, 3.8) is 0 Å². The zero-order chi connectivity index (χ0) is 22.2. The van der Waals surface area contributed by atoms with Crippen LogP contribution in [-0.4, -0.2) is 54.4 Å². The first-order valence-corrected chi connectivity index (χ1v) is 12.6. The van der Waals surface area contributed by atoms with Crippen molar-refractivity contribution >= 4 is 12.0 Å². The Morgan fingerprint density at radius 1 is 0.903 bits per heavy atom. The van der Waals surface area contributed by atoms with Crippen LogP contribution in [0, 0.1) is 29.6 Å². The van der Waals surface area contributed by atoms with Crippen molar-refractivity contribution in [2.75, 3.05) is 26.2 Å². The lowest BCUT2D eigenvalue weighted by Crippen LogP contribution is -2.41. The summed E-state index contributed by atoms with van der Waals surface area (Å²) >= 11 is 0. The number of fused-ring (bicyclic) bond motifs is 1. The minimum Gasteiger partial charge on any atom is -0.449 e. The van der Waals surface area contributed by atoms with Gasteiger partial charge in [0.25, 0.3) is 0 Å². The lowest BCUT2D eigenvalue weighted by Gasteiger charge is -2.43. The van der Waals surface area contributed by atoms with E-state index in [1.807, 2.05) is 0 Å². The molecule has 3 aliphatic carbocycles. The van der Waals surface area contributed by atoms with Crippen LogP contribution in [0.2, 0.25) is 0 Å². The van der Waals surface area contributed by atoms with Crippen molar-refractivity contribution in [1.29, 1.82) is 0 Å². The van der Waals surface area contributed by atoms with Gasteiger partial charge in [-0.15, -0.1) is 0 Å². The maximum atomic E-state index is 12.3. The fourth-order valence-corrected chi connectivity index (χ4v) is 6.24. The zero-order valence-corrected chi connectivity index (χ0v) is 19.5. The Hall–Kier alpha value is -1.34. The fraction of sp³-hybridized carbons (Fsp3) is 0.917. The summed E-state index contributed by atoms with van der Waals surface area (Å²) in [7, 11) is 0. The van der Waals surface area contributed by atoms with Crippen LogP contribution in [0.4, 0.5) is 4.79 Å². The highest BCUT2D eigenvalue weighted by molar-refractivity contribution is 5.77. The van der Waals surface area contributed by atoms with Crippen molar-refractivity contribution < 1.29 is 19.5 Å². The highest BCUT2D eigenvalue weighted by Crippen LogP contribution is 2.44. The van der Waals surface area contributed by atoms with Gasteiger partial charge in [0, 0.05) is 18.5 Å². The lowest BCUT2D eigenvalue weighted by molar-refractivity contribution is -0.134. The Bertz CT molecular complexity index is 575. The molecule has 3 saturated carbocycles. The number of hydroxylamine groups is 1. The van der Waals surface area contributed by atoms with Crippen LogP contribution in [0.25, 0.3) is 0 Å². The molecule has 3 fully saturated rings. The normalized spacial score (nSPS) is 33.4. The van der Waals surface area contributed by atoms with E-state index < -0.39 is 0 Å². The topological polar surface area (TPSA) is 90.9 Å². The highest BCUT2D eigenvalue weighted by Gasteiger charge is 2.36. The molecule has 0 aromatic carbocycles. The molecular weight excluding hydrogens is 394 g/mol. The first kappa shape index (κ1) is 24.3. The quantitative estimate of drug-likeness (QED) is 0.395. The van der Waals surface area contributed by atoms with E-state index in [9.17, 15) is 9.59 Å². The molecule has 0 radical (unpaired) electrons. The molecule has 7 nitrogen and oxygen atoms in total. The van der Waals surface area contributed by atoms with Gasteiger partial charge in [0.15, 0.2) is 0 Å². The summed E-state index contributed by atoms with van der Waals surface area (Å²) in [6.45, 7) is 8.62. The number of nitrogens with zero attached hydrogens (tertiary/aromatic N) is 1. The molecule has 0 heterocycles. The summed E-state index contributed by atoms with van der Waals surface area (Å²) in [5, 5.41) is 11.7. The van der Waals surface area contributed by atoms with Gasteiger partial charge in [0.2, 0.25) is 5.91 Å². The molecule has 0 saturated heterocycles. The van der Waals surface area contributed by atoms with Gasteiger partial charge in [-0.2, -0.15) is 0 Å². The summed E-state index contributed by atoms with van der Waals surface area (Å²) in [5.74, 6) is 2.56. The highest BCUT2D eigenvalue weighted by atomic mass is 16.5. The number of hydrogen-bond acceptors (Lipinski definition) is 5. The summed E-state index contributed by atoms with van der Waals surface area (Å²) in [6.07, 6.45) is 10.3. The summed E-state index contributed by atoms with van der Waals surface area (Å²) in [4.78, 5) is 26.3. The van der Waals surface area contributed by atoms with Gasteiger partial charge >= 0.3 is 6.09 Å². The largest absolute Gasteiger partial charge is 0.449 e. The van der Waals surface area contributed by atoms with Crippen LogP contribution in [0.5, 0.6) is 0 Å². The maximum absolute atomic E-state index is 12.3. The molecule has 3 N–H and O–H groups in total. The second-order valence-corrected chi connectivity index (χ2v) is 10.1. The third-order valence-corrected chi connectivity index (χ3v) is 8.22. The van der Waals surface area contributed by atoms with Gasteiger partial charge in [0.05, 0.1) is 6.61 Å². The van der Waals surface area contributed by atoms with Crippen molar-refractivity contribution in [1.82, 2.24) is 15.7 Å². The SMILES string of the molecule is CCN(CC)CC1CCC2CC(COC(=O)NC3CCC(C(=O)NO)CC3)CCC2C1.